The number of hydrogen-bond acceptors (Lipinski definition) is 2. The van der Waals surface area contributed by atoms with Gasteiger partial charge in [0.1, 0.15) is 17.3 Å². The number of methoxy groups -OCH3 is 1. The van der Waals surface area contributed by atoms with E-state index in [2.05, 4.69) is 20.9 Å². The summed E-state index contributed by atoms with van der Waals surface area (Å²) in [7, 11) is 3.21. The topological polar surface area (TPSA) is 27.1 Å². The summed E-state index contributed by atoms with van der Waals surface area (Å²) in [5.41, 5.74) is 0.415. The van der Waals surface area contributed by atoms with Gasteiger partial charge in [-0.1, -0.05) is 15.9 Å². The Balaban J connectivity index is 2.56. The summed E-state index contributed by atoms with van der Waals surface area (Å²) in [5, 5.41) is 0. The fraction of sp³-hybridized carbons (Fsp3) is 0.308. The standard InChI is InChI=1S/C13H13BrF2N2O/c1-13(15,16)11-7-18(2)12(17-11)9-5-4-8(14)6-10(9)19-3/h4-7H,1-3H3. The average molecular weight is 331 g/mol. The molecule has 0 saturated heterocycles. The van der Waals surface area contributed by atoms with E-state index in [0.717, 1.165) is 11.4 Å². The number of hydrogen-bond donors (Lipinski definition) is 0. The molecular weight excluding hydrogens is 318 g/mol. The predicted octanol–water partition coefficient (Wildman–Crippen LogP) is 3.97. The molecular formula is C13H13BrF2N2O. The molecule has 1 heterocycles. The first-order valence-electron chi connectivity index (χ1n) is 5.58. The summed E-state index contributed by atoms with van der Waals surface area (Å²) >= 11 is 3.34. The van der Waals surface area contributed by atoms with Gasteiger partial charge in [0.15, 0.2) is 0 Å². The highest BCUT2D eigenvalue weighted by Crippen LogP contribution is 2.34. The van der Waals surface area contributed by atoms with Gasteiger partial charge in [-0.2, -0.15) is 8.78 Å². The van der Waals surface area contributed by atoms with Crippen LogP contribution in [0.25, 0.3) is 11.4 Å². The van der Waals surface area contributed by atoms with Gasteiger partial charge in [0, 0.05) is 24.6 Å². The van der Waals surface area contributed by atoms with Crippen LogP contribution in [0.15, 0.2) is 28.9 Å². The summed E-state index contributed by atoms with van der Waals surface area (Å²) < 4.78 is 34.3. The monoisotopic (exact) mass is 330 g/mol. The normalized spacial score (nSPS) is 11.7. The fourth-order valence-corrected chi connectivity index (χ4v) is 2.12. The van der Waals surface area contributed by atoms with Crippen molar-refractivity contribution in [2.24, 2.45) is 7.05 Å². The van der Waals surface area contributed by atoms with Gasteiger partial charge in [-0.3, -0.25) is 0 Å². The number of rotatable bonds is 3. The van der Waals surface area contributed by atoms with Crippen LogP contribution in [0, 0.1) is 0 Å². The smallest absolute Gasteiger partial charge is 0.288 e. The largest absolute Gasteiger partial charge is 0.496 e. The van der Waals surface area contributed by atoms with Crippen molar-refractivity contribution in [1.82, 2.24) is 9.55 Å². The minimum atomic E-state index is -2.96. The molecule has 6 heteroatoms. The second kappa shape index (κ2) is 4.92. The Morgan fingerprint density at radius 1 is 1.37 bits per heavy atom. The molecule has 0 bridgehead atoms. The van der Waals surface area contributed by atoms with Crippen molar-refractivity contribution < 1.29 is 13.5 Å². The Morgan fingerprint density at radius 3 is 2.58 bits per heavy atom. The molecule has 0 aliphatic heterocycles. The van der Waals surface area contributed by atoms with Gasteiger partial charge in [0.25, 0.3) is 5.92 Å². The minimum Gasteiger partial charge on any atom is -0.496 e. The van der Waals surface area contributed by atoms with Crippen LogP contribution in [0.4, 0.5) is 8.78 Å². The number of aryl methyl sites for hydroxylation is 1. The zero-order chi connectivity index (χ0) is 14.2. The van der Waals surface area contributed by atoms with Gasteiger partial charge < -0.3 is 9.30 Å². The number of ether oxygens (including phenoxy) is 1. The molecule has 19 heavy (non-hydrogen) atoms. The summed E-state index contributed by atoms with van der Waals surface area (Å²) in [4.78, 5) is 4.01. The Hall–Kier alpha value is -1.43. The van der Waals surface area contributed by atoms with Crippen LogP contribution in [0.5, 0.6) is 5.75 Å². The summed E-state index contributed by atoms with van der Waals surface area (Å²) in [6.45, 7) is 0.831. The molecule has 1 aromatic heterocycles. The lowest BCUT2D eigenvalue weighted by atomic mass is 10.2. The van der Waals surface area contributed by atoms with E-state index in [0.29, 0.717) is 17.1 Å². The maximum absolute atomic E-state index is 13.3. The van der Waals surface area contributed by atoms with Crippen LogP contribution in [-0.2, 0) is 13.0 Å². The van der Waals surface area contributed by atoms with Crippen molar-refractivity contribution in [3.05, 3.63) is 34.6 Å². The van der Waals surface area contributed by atoms with E-state index in [9.17, 15) is 8.78 Å². The number of aromatic nitrogens is 2. The van der Waals surface area contributed by atoms with E-state index in [4.69, 9.17) is 4.74 Å². The Kier molecular flexibility index (Phi) is 3.62. The first kappa shape index (κ1) is 14.0. The number of nitrogens with zero attached hydrogens (tertiary/aromatic N) is 2. The summed E-state index contributed by atoms with van der Waals surface area (Å²) in [6.07, 6.45) is 1.33. The third-order valence-corrected chi connectivity index (χ3v) is 3.22. The van der Waals surface area contributed by atoms with E-state index in [-0.39, 0.29) is 5.69 Å². The van der Waals surface area contributed by atoms with E-state index in [1.54, 1.807) is 23.7 Å². The molecule has 102 valence electrons. The van der Waals surface area contributed by atoms with Gasteiger partial charge in [-0.25, -0.2) is 4.98 Å². The number of benzene rings is 1. The molecule has 0 radical (unpaired) electrons. The predicted molar refractivity (Wildman–Crippen MR) is 72.5 cm³/mol. The quantitative estimate of drug-likeness (QED) is 0.851. The Morgan fingerprint density at radius 2 is 2.05 bits per heavy atom. The van der Waals surface area contributed by atoms with Gasteiger partial charge >= 0.3 is 0 Å². The van der Waals surface area contributed by atoms with Gasteiger partial charge in [0.2, 0.25) is 0 Å². The molecule has 0 fully saturated rings. The highest BCUT2D eigenvalue weighted by atomic mass is 79.9. The SMILES string of the molecule is COc1cc(Br)ccc1-c1nc(C(C)(F)F)cn1C. The summed E-state index contributed by atoms with van der Waals surface area (Å²) in [6, 6.07) is 5.37. The van der Waals surface area contributed by atoms with Crippen molar-refractivity contribution in [1.29, 1.82) is 0 Å². The first-order chi connectivity index (χ1) is 8.82. The first-order valence-corrected chi connectivity index (χ1v) is 6.38. The summed E-state index contributed by atoms with van der Waals surface area (Å²) in [5.74, 6) is -1.94. The highest BCUT2D eigenvalue weighted by Gasteiger charge is 2.29. The average Bonchev–Trinajstić information content (AvgIpc) is 2.71. The lowest BCUT2D eigenvalue weighted by Crippen LogP contribution is -2.07. The molecule has 2 aromatic rings. The third-order valence-electron chi connectivity index (χ3n) is 2.73. The second-order valence-corrected chi connectivity index (χ2v) is 5.21. The molecule has 0 saturated carbocycles. The molecule has 3 nitrogen and oxygen atoms in total. The molecule has 2 rings (SSSR count). The van der Waals surface area contributed by atoms with E-state index < -0.39 is 5.92 Å². The van der Waals surface area contributed by atoms with Crippen LogP contribution in [0.1, 0.15) is 12.6 Å². The zero-order valence-corrected chi connectivity index (χ0v) is 12.3. The minimum absolute atomic E-state index is 0.255. The maximum Gasteiger partial charge on any atom is 0.288 e. The fourth-order valence-electron chi connectivity index (χ4n) is 1.78. The molecule has 0 unspecified atom stereocenters. The lowest BCUT2D eigenvalue weighted by molar-refractivity contribution is 0.0131. The Bertz CT molecular complexity index is 605. The molecule has 0 amide bonds. The van der Waals surface area contributed by atoms with E-state index >= 15 is 0 Å². The van der Waals surface area contributed by atoms with E-state index in [1.807, 2.05) is 6.07 Å². The van der Waals surface area contributed by atoms with Gasteiger partial charge in [-0.15, -0.1) is 0 Å². The van der Waals surface area contributed by atoms with Crippen molar-refractivity contribution in [2.45, 2.75) is 12.8 Å². The molecule has 1 aromatic carbocycles. The van der Waals surface area contributed by atoms with Crippen LogP contribution < -0.4 is 4.74 Å². The Labute approximate surface area is 118 Å². The van der Waals surface area contributed by atoms with Crippen molar-refractivity contribution in [3.8, 4) is 17.1 Å². The number of alkyl halides is 2. The van der Waals surface area contributed by atoms with Crippen LogP contribution in [0.2, 0.25) is 0 Å². The lowest BCUT2D eigenvalue weighted by Gasteiger charge is -2.08. The zero-order valence-electron chi connectivity index (χ0n) is 10.7. The van der Waals surface area contributed by atoms with Gasteiger partial charge in [0.05, 0.1) is 12.7 Å². The van der Waals surface area contributed by atoms with Crippen molar-refractivity contribution in [3.63, 3.8) is 0 Å². The highest BCUT2D eigenvalue weighted by molar-refractivity contribution is 9.10. The number of halogens is 3. The number of imidazole rings is 1. The van der Waals surface area contributed by atoms with Crippen LogP contribution >= 0.6 is 15.9 Å². The maximum atomic E-state index is 13.3. The van der Waals surface area contributed by atoms with Crippen LogP contribution in [-0.4, -0.2) is 16.7 Å². The second-order valence-electron chi connectivity index (χ2n) is 4.29. The van der Waals surface area contributed by atoms with Crippen molar-refractivity contribution >= 4 is 15.9 Å². The van der Waals surface area contributed by atoms with E-state index in [1.165, 1.54) is 13.3 Å². The molecule has 0 aliphatic carbocycles. The molecule has 0 aliphatic rings. The van der Waals surface area contributed by atoms with Crippen molar-refractivity contribution in [2.75, 3.05) is 7.11 Å². The van der Waals surface area contributed by atoms with Gasteiger partial charge in [-0.05, 0) is 18.2 Å². The molecule has 0 atom stereocenters. The third kappa shape index (κ3) is 2.78. The molecule has 0 N–H and O–H groups in total. The molecule has 0 spiro atoms. The van der Waals surface area contributed by atoms with Crippen LogP contribution in [0.3, 0.4) is 0 Å².